The molecule has 0 aliphatic heterocycles. The van der Waals surface area contributed by atoms with Gasteiger partial charge in [-0.2, -0.15) is 5.10 Å². The molecule has 0 bridgehead atoms. The second-order valence-corrected chi connectivity index (χ2v) is 5.04. The van der Waals surface area contributed by atoms with Crippen molar-refractivity contribution in [2.45, 2.75) is 5.16 Å². The van der Waals surface area contributed by atoms with Gasteiger partial charge in [0, 0.05) is 17.6 Å². The van der Waals surface area contributed by atoms with E-state index in [1.54, 1.807) is 19.2 Å². The fraction of sp³-hybridized carbons (Fsp3) is 0.182. The van der Waals surface area contributed by atoms with E-state index in [1.807, 2.05) is 12.1 Å². The van der Waals surface area contributed by atoms with Crippen molar-refractivity contribution in [1.82, 2.24) is 25.6 Å². The number of thioether (sulfide) groups is 1. The standard InChI is InChI=1S/C11H11ClN6OS/c1-18-11(15-16-17-18)20-7-10(19)14-13-6-8-4-2-3-5-9(8)12/h2-6H,7H2,1H3,(H,14,19)/b13-6+. The number of aromatic nitrogens is 4. The number of tetrazole rings is 1. The molecule has 1 heterocycles. The van der Waals surface area contributed by atoms with Crippen LogP contribution in [0.4, 0.5) is 0 Å². The maximum absolute atomic E-state index is 11.6. The summed E-state index contributed by atoms with van der Waals surface area (Å²) >= 11 is 7.18. The first-order valence-electron chi connectivity index (χ1n) is 5.58. The van der Waals surface area contributed by atoms with Crippen LogP contribution in [0.25, 0.3) is 0 Å². The fourth-order valence-electron chi connectivity index (χ4n) is 1.26. The maximum atomic E-state index is 11.6. The predicted octanol–water partition coefficient (Wildman–Crippen LogP) is 1.11. The summed E-state index contributed by atoms with van der Waals surface area (Å²) in [4.78, 5) is 11.6. The summed E-state index contributed by atoms with van der Waals surface area (Å²) < 4.78 is 1.49. The van der Waals surface area contributed by atoms with Crippen LogP contribution >= 0.6 is 23.4 Å². The Kier molecular flexibility index (Phi) is 5.08. The summed E-state index contributed by atoms with van der Waals surface area (Å²) in [5.74, 6) is -0.0741. The van der Waals surface area contributed by atoms with Crippen molar-refractivity contribution < 1.29 is 4.79 Å². The van der Waals surface area contributed by atoms with Gasteiger partial charge < -0.3 is 0 Å². The zero-order valence-corrected chi connectivity index (χ0v) is 12.1. The molecule has 0 atom stereocenters. The van der Waals surface area contributed by atoms with E-state index in [1.165, 1.54) is 22.7 Å². The number of benzene rings is 1. The van der Waals surface area contributed by atoms with Crippen molar-refractivity contribution in [3.05, 3.63) is 34.9 Å². The Morgan fingerprint density at radius 1 is 1.55 bits per heavy atom. The van der Waals surface area contributed by atoms with Crippen molar-refractivity contribution in [3.63, 3.8) is 0 Å². The summed E-state index contributed by atoms with van der Waals surface area (Å²) in [5.41, 5.74) is 3.15. The van der Waals surface area contributed by atoms with E-state index < -0.39 is 0 Å². The lowest BCUT2D eigenvalue weighted by molar-refractivity contribution is -0.118. The minimum Gasteiger partial charge on any atom is -0.272 e. The highest BCUT2D eigenvalue weighted by Gasteiger charge is 2.06. The highest BCUT2D eigenvalue weighted by molar-refractivity contribution is 7.99. The number of amides is 1. The lowest BCUT2D eigenvalue weighted by Gasteiger charge is -1.99. The maximum Gasteiger partial charge on any atom is 0.250 e. The van der Waals surface area contributed by atoms with Crippen LogP contribution in [0.3, 0.4) is 0 Å². The number of aryl methyl sites for hydroxylation is 1. The van der Waals surface area contributed by atoms with Crippen LogP contribution in [-0.2, 0) is 11.8 Å². The zero-order valence-electron chi connectivity index (χ0n) is 10.5. The Balaban J connectivity index is 1.81. The Morgan fingerprint density at radius 2 is 2.35 bits per heavy atom. The highest BCUT2D eigenvalue weighted by atomic mass is 35.5. The fourth-order valence-corrected chi connectivity index (χ4v) is 2.09. The molecule has 0 saturated heterocycles. The third-order valence-electron chi connectivity index (χ3n) is 2.21. The van der Waals surface area contributed by atoms with Gasteiger partial charge in [0.05, 0.1) is 12.0 Å². The van der Waals surface area contributed by atoms with E-state index in [9.17, 15) is 4.79 Å². The van der Waals surface area contributed by atoms with E-state index >= 15 is 0 Å². The van der Waals surface area contributed by atoms with Crippen LogP contribution in [0, 0.1) is 0 Å². The molecule has 1 N–H and O–H groups in total. The molecule has 20 heavy (non-hydrogen) atoms. The number of hydrazone groups is 1. The summed E-state index contributed by atoms with van der Waals surface area (Å²) in [6.07, 6.45) is 1.49. The molecule has 1 aromatic heterocycles. The molecule has 104 valence electrons. The van der Waals surface area contributed by atoms with Gasteiger partial charge in [-0.15, -0.1) is 5.10 Å². The minimum atomic E-state index is -0.249. The Bertz CT molecular complexity index is 629. The molecule has 0 radical (unpaired) electrons. The summed E-state index contributed by atoms with van der Waals surface area (Å²) in [6, 6.07) is 7.22. The van der Waals surface area contributed by atoms with Gasteiger partial charge in [0.15, 0.2) is 0 Å². The molecule has 1 amide bonds. The lowest BCUT2D eigenvalue weighted by atomic mass is 10.2. The van der Waals surface area contributed by atoms with Crippen LogP contribution in [0.15, 0.2) is 34.5 Å². The van der Waals surface area contributed by atoms with Gasteiger partial charge in [0.25, 0.3) is 5.91 Å². The van der Waals surface area contributed by atoms with Gasteiger partial charge in [-0.1, -0.05) is 41.6 Å². The van der Waals surface area contributed by atoms with Gasteiger partial charge in [-0.25, -0.2) is 10.1 Å². The van der Waals surface area contributed by atoms with Gasteiger partial charge in [-0.3, -0.25) is 4.79 Å². The average molecular weight is 311 g/mol. The number of hydrogen-bond donors (Lipinski definition) is 1. The largest absolute Gasteiger partial charge is 0.272 e. The van der Waals surface area contributed by atoms with Gasteiger partial charge in [-0.05, 0) is 16.5 Å². The van der Waals surface area contributed by atoms with Crippen molar-refractivity contribution in [2.24, 2.45) is 12.1 Å². The van der Waals surface area contributed by atoms with E-state index in [0.717, 1.165) is 5.56 Å². The van der Waals surface area contributed by atoms with Crippen LogP contribution < -0.4 is 5.43 Å². The number of carbonyl (C=O) groups excluding carboxylic acids is 1. The van der Waals surface area contributed by atoms with Crippen LogP contribution in [-0.4, -0.2) is 38.1 Å². The third-order valence-corrected chi connectivity index (χ3v) is 3.57. The molecule has 7 nitrogen and oxygen atoms in total. The second kappa shape index (κ2) is 7.01. The van der Waals surface area contributed by atoms with E-state index in [0.29, 0.717) is 10.2 Å². The van der Waals surface area contributed by atoms with Crippen LogP contribution in [0.2, 0.25) is 5.02 Å². The number of nitrogens with one attached hydrogen (secondary N) is 1. The van der Waals surface area contributed by atoms with Crippen molar-refractivity contribution in [3.8, 4) is 0 Å². The molecule has 2 rings (SSSR count). The summed E-state index contributed by atoms with van der Waals surface area (Å²) in [5, 5.41) is 15.9. The van der Waals surface area contributed by atoms with Crippen molar-refractivity contribution in [1.29, 1.82) is 0 Å². The number of halogens is 1. The average Bonchev–Trinajstić information content (AvgIpc) is 2.84. The molecule has 0 fully saturated rings. The molecule has 0 spiro atoms. The highest BCUT2D eigenvalue weighted by Crippen LogP contribution is 2.12. The monoisotopic (exact) mass is 310 g/mol. The Morgan fingerprint density at radius 3 is 3.05 bits per heavy atom. The molecule has 0 aliphatic rings. The van der Waals surface area contributed by atoms with Gasteiger partial charge >= 0.3 is 0 Å². The van der Waals surface area contributed by atoms with E-state index in [2.05, 4.69) is 26.1 Å². The summed E-state index contributed by atoms with van der Waals surface area (Å²) in [7, 11) is 1.70. The van der Waals surface area contributed by atoms with E-state index in [4.69, 9.17) is 11.6 Å². The van der Waals surface area contributed by atoms with E-state index in [-0.39, 0.29) is 11.7 Å². The molecule has 9 heteroatoms. The summed E-state index contributed by atoms with van der Waals surface area (Å²) in [6.45, 7) is 0. The minimum absolute atomic E-state index is 0.175. The second-order valence-electron chi connectivity index (χ2n) is 3.69. The van der Waals surface area contributed by atoms with Crippen molar-refractivity contribution in [2.75, 3.05) is 5.75 Å². The topological polar surface area (TPSA) is 85.1 Å². The molecular weight excluding hydrogens is 300 g/mol. The van der Waals surface area contributed by atoms with Gasteiger partial charge in [0.1, 0.15) is 0 Å². The van der Waals surface area contributed by atoms with Gasteiger partial charge in [0.2, 0.25) is 5.16 Å². The SMILES string of the molecule is Cn1nnnc1SCC(=O)N/N=C/c1ccccc1Cl. The Labute approximate surface area is 124 Å². The first kappa shape index (κ1) is 14.5. The number of carbonyl (C=O) groups is 1. The predicted molar refractivity (Wildman–Crippen MR) is 76.7 cm³/mol. The molecule has 2 aromatic rings. The number of hydrogen-bond acceptors (Lipinski definition) is 6. The first-order valence-corrected chi connectivity index (χ1v) is 6.95. The number of nitrogens with zero attached hydrogens (tertiary/aromatic N) is 5. The van der Waals surface area contributed by atoms with Crippen LogP contribution in [0.1, 0.15) is 5.56 Å². The molecule has 0 aliphatic carbocycles. The Hall–Kier alpha value is -1.93. The molecule has 1 aromatic carbocycles. The normalized spacial score (nSPS) is 10.9. The molecular formula is C11H11ClN6OS. The number of rotatable bonds is 5. The lowest BCUT2D eigenvalue weighted by Crippen LogP contribution is -2.20. The smallest absolute Gasteiger partial charge is 0.250 e. The quantitative estimate of drug-likeness (QED) is 0.508. The van der Waals surface area contributed by atoms with Crippen molar-refractivity contribution >= 4 is 35.5 Å². The zero-order chi connectivity index (χ0) is 14.4. The van der Waals surface area contributed by atoms with Crippen LogP contribution in [0.5, 0.6) is 0 Å². The first-order chi connectivity index (χ1) is 9.66. The molecule has 0 unspecified atom stereocenters. The third kappa shape index (κ3) is 4.04. The molecule has 0 saturated carbocycles.